The van der Waals surface area contributed by atoms with Crippen molar-refractivity contribution in [3.05, 3.63) is 0 Å². The molecule has 1 amide bonds. The number of rotatable bonds is 2. The molecule has 0 aliphatic carbocycles. The molecule has 2 rings (SSSR count). The molecule has 0 aromatic heterocycles. The molecule has 0 spiro atoms. The lowest BCUT2D eigenvalue weighted by atomic mass is 9.90. The van der Waals surface area contributed by atoms with Gasteiger partial charge in [-0.15, -0.1) is 0 Å². The van der Waals surface area contributed by atoms with Crippen LogP contribution in [0.5, 0.6) is 0 Å². The average Bonchev–Trinajstić information content (AvgIpc) is 2.78. The summed E-state index contributed by atoms with van der Waals surface area (Å²) >= 11 is 0. The van der Waals surface area contributed by atoms with E-state index in [1.54, 1.807) is 0 Å². The van der Waals surface area contributed by atoms with E-state index in [2.05, 4.69) is 24.1 Å². The third kappa shape index (κ3) is 1.97. The SMILES string of the molecule is CCC1(C(=O)N2CCCCC2C)CCCN1. The minimum Gasteiger partial charge on any atom is -0.338 e. The summed E-state index contributed by atoms with van der Waals surface area (Å²) in [6.45, 7) is 6.28. The van der Waals surface area contributed by atoms with Crippen molar-refractivity contribution in [3.63, 3.8) is 0 Å². The maximum absolute atomic E-state index is 12.6. The van der Waals surface area contributed by atoms with Crippen molar-refractivity contribution in [2.24, 2.45) is 0 Å². The summed E-state index contributed by atoms with van der Waals surface area (Å²) in [4.78, 5) is 14.7. The third-order valence-corrected chi connectivity index (χ3v) is 4.32. The van der Waals surface area contributed by atoms with Gasteiger partial charge in [0.05, 0.1) is 5.54 Å². The van der Waals surface area contributed by atoms with Gasteiger partial charge in [0.15, 0.2) is 0 Å². The van der Waals surface area contributed by atoms with Crippen LogP contribution in [0.25, 0.3) is 0 Å². The lowest BCUT2D eigenvalue weighted by molar-refractivity contribution is -0.141. The van der Waals surface area contributed by atoms with Crippen LogP contribution in [-0.2, 0) is 4.79 Å². The molecule has 16 heavy (non-hydrogen) atoms. The summed E-state index contributed by atoms with van der Waals surface area (Å²) in [7, 11) is 0. The van der Waals surface area contributed by atoms with Crippen molar-refractivity contribution in [3.8, 4) is 0 Å². The predicted octanol–water partition coefficient (Wildman–Crippen LogP) is 1.92. The first kappa shape index (κ1) is 11.9. The number of likely N-dealkylation sites (tertiary alicyclic amines) is 1. The molecule has 92 valence electrons. The standard InChI is InChI=1S/C13H24N2O/c1-3-13(8-6-9-14-13)12(16)15-10-5-4-7-11(15)2/h11,14H,3-10H2,1-2H3. The normalized spacial score (nSPS) is 35.4. The molecule has 0 radical (unpaired) electrons. The molecule has 1 N–H and O–H groups in total. The highest BCUT2D eigenvalue weighted by atomic mass is 16.2. The summed E-state index contributed by atoms with van der Waals surface area (Å²) in [6.07, 6.45) is 6.71. The van der Waals surface area contributed by atoms with E-state index in [0.717, 1.165) is 32.4 Å². The van der Waals surface area contributed by atoms with Gasteiger partial charge in [0.2, 0.25) is 5.91 Å². The summed E-state index contributed by atoms with van der Waals surface area (Å²) in [6, 6.07) is 0.437. The van der Waals surface area contributed by atoms with E-state index >= 15 is 0 Å². The van der Waals surface area contributed by atoms with E-state index in [4.69, 9.17) is 0 Å². The van der Waals surface area contributed by atoms with Crippen LogP contribution in [0.4, 0.5) is 0 Å². The fraction of sp³-hybridized carbons (Fsp3) is 0.923. The van der Waals surface area contributed by atoms with Crippen molar-refractivity contribution in [2.75, 3.05) is 13.1 Å². The van der Waals surface area contributed by atoms with Gasteiger partial charge in [-0.05, 0) is 52.0 Å². The third-order valence-electron chi connectivity index (χ3n) is 4.32. The van der Waals surface area contributed by atoms with Gasteiger partial charge in [0.25, 0.3) is 0 Å². The van der Waals surface area contributed by atoms with Crippen LogP contribution < -0.4 is 5.32 Å². The minimum atomic E-state index is -0.231. The van der Waals surface area contributed by atoms with Crippen molar-refractivity contribution in [1.82, 2.24) is 10.2 Å². The fourth-order valence-electron chi connectivity index (χ4n) is 3.12. The van der Waals surface area contributed by atoms with Crippen LogP contribution in [0, 0.1) is 0 Å². The molecule has 0 aromatic rings. The second-order valence-electron chi connectivity index (χ2n) is 5.31. The molecule has 2 fully saturated rings. The molecular weight excluding hydrogens is 200 g/mol. The number of hydrogen-bond donors (Lipinski definition) is 1. The van der Waals surface area contributed by atoms with Crippen LogP contribution in [0.1, 0.15) is 52.4 Å². The molecule has 0 bridgehead atoms. The molecule has 2 unspecified atom stereocenters. The summed E-state index contributed by atoms with van der Waals surface area (Å²) < 4.78 is 0. The van der Waals surface area contributed by atoms with E-state index in [-0.39, 0.29) is 5.54 Å². The van der Waals surface area contributed by atoms with E-state index in [0.29, 0.717) is 11.9 Å². The minimum absolute atomic E-state index is 0.231. The Morgan fingerprint density at radius 2 is 2.25 bits per heavy atom. The van der Waals surface area contributed by atoms with Gasteiger partial charge in [0, 0.05) is 12.6 Å². The molecule has 2 saturated heterocycles. The zero-order valence-electron chi connectivity index (χ0n) is 10.6. The quantitative estimate of drug-likeness (QED) is 0.777. The molecule has 3 heteroatoms. The Hall–Kier alpha value is -0.570. The number of piperidine rings is 1. The van der Waals surface area contributed by atoms with Crippen LogP contribution in [0.2, 0.25) is 0 Å². The summed E-state index contributed by atoms with van der Waals surface area (Å²) in [5.74, 6) is 0.361. The second kappa shape index (κ2) is 4.74. The Morgan fingerprint density at radius 1 is 1.44 bits per heavy atom. The zero-order valence-corrected chi connectivity index (χ0v) is 10.6. The van der Waals surface area contributed by atoms with E-state index in [1.165, 1.54) is 19.3 Å². The lowest BCUT2D eigenvalue weighted by Gasteiger charge is -2.40. The van der Waals surface area contributed by atoms with Crippen LogP contribution in [-0.4, -0.2) is 35.5 Å². The van der Waals surface area contributed by atoms with Gasteiger partial charge >= 0.3 is 0 Å². The van der Waals surface area contributed by atoms with Gasteiger partial charge in [-0.25, -0.2) is 0 Å². The monoisotopic (exact) mass is 224 g/mol. The number of hydrogen-bond acceptors (Lipinski definition) is 2. The average molecular weight is 224 g/mol. The van der Waals surface area contributed by atoms with Crippen LogP contribution >= 0.6 is 0 Å². The number of carbonyl (C=O) groups excluding carboxylic acids is 1. The molecule has 2 aliphatic heterocycles. The molecular formula is C13H24N2O. The Labute approximate surface area is 98.6 Å². The number of nitrogens with one attached hydrogen (secondary N) is 1. The maximum atomic E-state index is 12.6. The molecule has 2 heterocycles. The Morgan fingerprint density at radius 3 is 2.81 bits per heavy atom. The van der Waals surface area contributed by atoms with Crippen LogP contribution in [0.15, 0.2) is 0 Å². The van der Waals surface area contributed by atoms with Gasteiger partial charge in [0.1, 0.15) is 0 Å². The van der Waals surface area contributed by atoms with E-state index < -0.39 is 0 Å². The highest BCUT2D eigenvalue weighted by Crippen LogP contribution is 2.28. The predicted molar refractivity (Wildman–Crippen MR) is 65.3 cm³/mol. The molecule has 3 nitrogen and oxygen atoms in total. The van der Waals surface area contributed by atoms with Crippen molar-refractivity contribution >= 4 is 5.91 Å². The van der Waals surface area contributed by atoms with Crippen LogP contribution in [0.3, 0.4) is 0 Å². The summed E-state index contributed by atoms with van der Waals surface area (Å²) in [5.41, 5.74) is -0.231. The van der Waals surface area contributed by atoms with E-state index in [9.17, 15) is 4.79 Å². The topological polar surface area (TPSA) is 32.3 Å². The first-order valence-corrected chi connectivity index (χ1v) is 6.76. The Kier molecular flexibility index (Phi) is 3.53. The first-order chi connectivity index (χ1) is 7.69. The van der Waals surface area contributed by atoms with Gasteiger partial charge in [-0.2, -0.15) is 0 Å². The van der Waals surface area contributed by atoms with Crippen molar-refractivity contribution < 1.29 is 4.79 Å². The summed E-state index contributed by atoms with van der Waals surface area (Å²) in [5, 5.41) is 3.45. The zero-order chi connectivity index (χ0) is 11.6. The van der Waals surface area contributed by atoms with Crippen molar-refractivity contribution in [1.29, 1.82) is 0 Å². The Bertz CT molecular complexity index is 259. The molecule has 0 aromatic carbocycles. The van der Waals surface area contributed by atoms with Gasteiger partial charge < -0.3 is 10.2 Å². The first-order valence-electron chi connectivity index (χ1n) is 6.76. The Balaban J connectivity index is 2.10. The van der Waals surface area contributed by atoms with Crippen molar-refractivity contribution in [2.45, 2.75) is 64.0 Å². The highest BCUT2D eigenvalue weighted by molar-refractivity contribution is 5.87. The highest BCUT2D eigenvalue weighted by Gasteiger charge is 2.43. The van der Waals surface area contributed by atoms with E-state index in [1.807, 2.05) is 0 Å². The number of carbonyl (C=O) groups is 1. The largest absolute Gasteiger partial charge is 0.338 e. The van der Waals surface area contributed by atoms with Gasteiger partial charge in [-0.3, -0.25) is 4.79 Å². The number of nitrogens with zero attached hydrogens (tertiary/aromatic N) is 1. The molecule has 2 atom stereocenters. The second-order valence-corrected chi connectivity index (χ2v) is 5.31. The lowest BCUT2D eigenvalue weighted by Crippen LogP contribution is -2.57. The molecule has 0 saturated carbocycles. The number of amides is 1. The maximum Gasteiger partial charge on any atom is 0.243 e. The van der Waals surface area contributed by atoms with Gasteiger partial charge in [-0.1, -0.05) is 6.92 Å². The fourth-order valence-corrected chi connectivity index (χ4v) is 3.12. The molecule has 2 aliphatic rings. The smallest absolute Gasteiger partial charge is 0.243 e.